The van der Waals surface area contributed by atoms with Crippen molar-refractivity contribution in [3.8, 4) is 28.4 Å². The molecular weight excluding hydrogens is 807 g/mol. The molecule has 0 aliphatic carbocycles. The summed E-state index contributed by atoms with van der Waals surface area (Å²) in [6.07, 6.45) is 6.03. The molecule has 0 amide bonds. The quantitative estimate of drug-likeness (QED) is 0.0567. The molecule has 5 aromatic rings. The van der Waals surface area contributed by atoms with E-state index >= 15 is 0 Å². The summed E-state index contributed by atoms with van der Waals surface area (Å²) in [5.74, 6) is 2.16. The molecule has 0 unspecified atom stereocenters. The summed E-state index contributed by atoms with van der Waals surface area (Å²) in [6.45, 7) is 28.0. The molecule has 1 aliphatic rings. The fourth-order valence-electron chi connectivity index (χ4n) is 6.63. The number of hydrogen-bond acceptors (Lipinski definition) is 12. The van der Waals surface area contributed by atoms with Crippen molar-refractivity contribution in [2.45, 2.75) is 90.7 Å². The lowest BCUT2D eigenvalue weighted by Crippen LogP contribution is -2.41. The molecule has 1 aliphatic heterocycles. The van der Waals surface area contributed by atoms with E-state index in [0.717, 1.165) is 73.2 Å². The Balaban J connectivity index is 1.20. The molecule has 1 aromatic carbocycles. The first-order chi connectivity index (χ1) is 29.0. The number of aromatic nitrogens is 7. The number of benzene rings is 1. The van der Waals surface area contributed by atoms with E-state index in [4.69, 9.17) is 38.4 Å². The zero-order valence-electron chi connectivity index (χ0n) is 38.0. The van der Waals surface area contributed by atoms with Crippen LogP contribution in [-0.2, 0) is 32.4 Å². The molecule has 332 valence electrons. The lowest BCUT2D eigenvalue weighted by Gasteiger charge is -2.36. The van der Waals surface area contributed by atoms with E-state index in [1.807, 2.05) is 30.5 Å². The number of pyridine rings is 1. The minimum Gasteiger partial charge on any atom is -0.491 e. The standard InChI is InChI=1S/C44H67N9O6Si2/c1-33(15-20-59-61(9,10)44(2,3)4)53-38-29-40(47-39-14-16-45-42(48-39)37-31-52(50(5)43(37)54)32-57-26-27-60(6,7)8)46-30-36(38)41(49-53)34-12-11-13-35(28-34)58-25-24-56-23-19-51-17-21-55-22-18-51/h11-14,16,28-31,33H,15,17-27,32H2,1-10H3,(H,45,46,47,48)/t33-/m0/s1. The van der Waals surface area contributed by atoms with Crippen molar-refractivity contribution >= 4 is 38.9 Å². The Morgan fingerprint density at radius 3 is 2.48 bits per heavy atom. The molecule has 15 nitrogen and oxygen atoms in total. The number of nitrogens with zero attached hydrogens (tertiary/aromatic N) is 8. The van der Waals surface area contributed by atoms with E-state index in [-0.39, 0.29) is 23.4 Å². The van der Waals surface area contributed by atoms with Crippen molar-refractivity contribution in [1.82, 2.24) is 39.0 Å². The molecule has 0 saturated carbocycles. The maximum absolute atomic E-state index is 13.3. The maximum atomic E-state index is 13.3. The van der Waals surface area contributed by atoms with Gasteiger partial charge in [-0.05, 0) is 55.7 Å². The maximum Gasteiger partial charge on any atom is 0.277 e. The second kappa shape index (κ2) is 20.3. The van der Waals surface area contributed by atoms with Crippen LogP contribution in [0.4, 0.5) is 11.6 Å². The fourth-order valence-corrected chi connectivity index (χ4v) is 8.45. The van der Waals surface area contributed by atoms with Gasteiger partial charge in [0.15, 0.2) is 14.1 Å². The smallest absolute Gasteiger partial charge is 0.277 e. The van der Waals surface area contributed by atoms with Crippen LogP contribution in [-0.4, -0.2) is 121 Å². The van der Waals surface area contributed by atoms with Gasteiger partial charge in [0, 0.05) is 83.6 Å². The highest BCUT2D eigenvalue weighted by molar-refractivity contribution is 6.76. The van der Waals surface area contributed by atoms with Crippen LogP contribution in [0.25, 0.3) is 33.5 Å². The van der Waals surface area contributed by atoms with Gasteiger partial charge in [0.1, 0.15) is 42.0 Å². The molecular formula is C44H67N9O6Si2. The van der Waals surface area contributed by atoms with Gasteiger partial charge in [-0.3, -0.25) is 23.7 Å². The third kappa shape index (κ3) is 12.5. The molecule has 1 saturated heterocycles. The Labute approximate surface area is 362 Å². The minimum absolute atomic E-state index is 0.0238. The number of nitrogens with one attached hydrogen (secondary N) is 1. The van der Waals surface area contributed by atoms with Crippen LogP contribution in [0.3, 0.4) is 0 Å². The van der Waals surface area contributed by atoms with Gasteiger partial charge in [-0.15, -0.1) is 0 Å². The molecule has 5 heterocycles. The van der Waals surface area contributed by atoms with E-state index < -0.39 is 16.4 Å². The highest BCUT2D eigenvalue weighted by Gasteiger charge is 2.37. The average molecular weight is 874 g/mol. The average Bonchev–Trinajstić information content (AvgIpc) is 3.73. The molecule has 1 atom stereocenters. The van der Waals surface area contributed by atoms with Gasteiger partial charge in [-0.1, -0.05) is 52.5 Å². The molecule has 1 N–H and O–H groups in total. The second-order valence-corrected chi connectivity index (χ2v) is 29.0. The topological polar surface area (TPSA) is 145 Å². The van der Waals surface area contributed by atoms with Crippen LogP contribution in [0.15, 0.2) is 59.8 Å². The number of anilines is 2. The van der Waals surface area contributed by atoms with E-state index in [1.54, 1.807) is 30.2 Å². The van der Waals surface area contributed by atoms with Crippen molar-refractivity contribution in [2.24, 2.45) is 7.05 Å². The summed E-state index contributed by atoms with van der Waals surface area (Å²) in [5.41, 5.74) is 2.85. The molecule has 0 radical (unpaired) electrons. The fraction of sp³-hybridized carbons (Fsp3) is 0.568. The zero-order chi connectivity index (χ0) is 43.8. The summed E-state index contributed by atoms with van der Waals surface area (Å²) < 4.78 is 35.3. The van der Waals surface area contributed by atoms with Crippen LogP contribution in [0, 0.1) is 0 Å². The zero-order valence-corrected chi connectivity index (χ0v) is 40.0. The summed E-state index contributed by atoms with van der Waals surface area (Å²) in [7, 11) is -1.43. The van der Waals surface area contributed by atoms with Crippen molar-refractivity contribution in [2.75, 3.05) is 71.2 Å². The van der Waals surface area contributed by atoms with Gasteiger partial charge in [0.05, 0.1) is 38.0 Å². The monoisotopic (exact) mass is 873 g/mol. The Hall–Kier alpha value is -4.24. The number of fused-ring (bicyclic) bond motifs is 1. The predicted molar refractivity (Wildman–Crippen MR) is 247 cm³/mol. The predicted octanol–water partition coefficient (Wildman–Crippen LogP) is 7.81. The number of ether oxygens (including phenoxy) is 4. The molecule has 0 spiro atoms. The summed E-state index contributed by atoms with van der Waals surface area (Å²) in [5, 5.41) is 9.62. The van der Waals surface area contributed by atoms with Gasteiger partial charge < -0.3 is 28.7 Å². The van der Waals surface area contributed by atoms with Gasteiger partial charge in [0.2, 0.25) is 0 Å². The molecule has 4 aromatic heterocycles. The molecule has 1 fully saturated rings. The number of morpholine rings is 1. The normalized spacial score (nSPS) is 14.8. The van der Waals surface area contributed by atoms with Gasteiger partial charge in [-0.2, -0.15) is 5.10 Å². The van der Waals surface area contributed by atoms with Gasteiger partial charge in [0.25, 0.3) is 5.56 Å². The SMILES string of the molecule is C[C@@H](CCO[Si](C)(C)C(C)(C)C)n1nc(-c2cccc(OCCOCCN3CCOCC3)c2)c2cnc(Nc3ccnc(-c4cn(COCC[Si](C)(C)C)n(C)c4=O)n3)cc21. The van der Waals surface area contributed by atoms with Gasteiger partial charge >= 0.3 is 0 Å². The van der Waals surface area contributed by atoms with Crippen molar-refractivity contribution in [3.63, 3.8) is 0 Å². The Bertz CT molecular complexity index is 2260. The molecule has 0 bridgehead atoms. The second-order valence-electron chi connectivity index (χ2n) is 18.6. The number of rotatable bonds is 21. The Morgan fingerprint density at radius 2 is 1.72 bits per heavy atom. The summed E-state index contributed by atoms with van der Waals surface area (Å²) >= 11 is 0. The Kier molecular flexibility index (Phi) is 15.4. The third-order valence-electron chi connectivity index (χ3n) is 11.6. The summed E-state index contributed by atoms with van der Waals surface area (Å²) in [6, 6.07) is 12.9. The number of hydrogen-bond donors (Lipinski definition) is 1. The molecule has 6 rings (SSSR count). The highest BCUT2D eigenvalue weighted by Crippen LogP contribution is 2.37. The van der Waals surface area contributed by atoms with Crippen LogP contribution in [0.1, 0.15) is 40.2 Å². The van der Waals surface area contributed by atoms with Crippen LogP contribution < -0.4 is 15.6 Å². The van der Waals surface area contributed by atoms with Crippen molar-refractivity contribution in [3.05, 3.63) is 65.3 Å². The summed E-state index contributed by atoms with van der Waals surface area (Å²) in [4.78, 5) is 29.7. The van der Waals surface area contributed by atoms with E-state index in [0.29, 0.717) is 56.1 Å². The first kappa shape index (κ1) is 46.3. The minimum atomic E-state index is -1.93. The van der Waals surface area contributed by atoms with Crippen molar-refractivity contribution in [1.29, 1.82) is 0 Å². The molecule has 17 heteroatoms. The highest BCUT2D eigenvalue weighted by atomic mass is 28.4. The lowest BCUT2D eigenvalue weighted by atomic mass is 10.1. The first-order valence-corrected chi connectivity index (χ1v) is 28.2. The van der Waals surface area contributed by atoms with Crippen LogP contribution >= 0.6 is 0 Å². The lowest BCUT2D eigenvalue weighted by molar-refractivity contribution is 0.0170. The first-order valence-electron chi connectivity index (χ1n) is 21.6. The van der Waals surface area contributed by atoms with E-state index in [9.17, 15) is 4.79 Å². The van der Waals surface area contributed by atoms with Crippen LogP contribution in [0.2, 0.25) is 43.8 Å². The van der Waals surface area contributed by atoms with Crippen molar-refractivity contribution < 1.29 is 23.4 Å². The molecule has 61 heavy (non-hydrogen) atoms. The Morgan fingerprint density at radius 1 is 0.934 bits per heavy atom. The van der Waals surface area contributed by atoms with E-state index in [2.05, 4.69) is 86.4 Å². The van der Waals surface area contributed by atoms with E-state index in [1.165, 1.54) is 4.68 Å². The third-order valence-corrected chi connectivity index (χ3v) is 17.9. The van der Waals surface area contributed by atoms with Crippen LogP contribution in [0.5, 0.6) is 5.75 Å². The van der Waals surface area contributed by atoms with Gasteiger partial charge in [-0.25, -0.2) is 15.0 Å². The largest absolute Gasteiger partial charge is 0.491 e.